The van der Waals surface area contributed by atoms with E-state index < -0.39 is 35.9 Å². The molecule has 0 bridgehead atoms. The molecule has 0 heterocycles. The Balaban J connectivity index is 2.25. The number of hydrogen-bond acceptors (Lipinski definition) is 11. The summed E-state index contributed by atoms with van der Waals surface area (Å²) in [5.41, 5.74) is 5.63. The van der Waals surface area contributed by atoms with Gasteiger partial charge in [-0.2, -0.15) is 0 Å². The van der Waals surface area contributed by atoms with Gasteiger partial charge in [-0.25, -0.2) is 14.4 Å². The van der Waals surface area contributed by atoms with Gasteiger partial charge >= 0.3 is 24.2 Å². The summed E-state index contributed by atoms with van der Waals surface area (Å²) >= 11 is 0. The van der Waals surface area contributed by atoms with E-state index in [-0.39, 0.29) is 37.1 Å². The summed E-state index contributed by atoms with van der Waals surface area (Å²) in [6.07, 6.45) is -1.81. The molecule has 0 saturated heterocycles. The van der Waals surface area contributed by atoms with Crippen molar-refractivity contribution in [2.75, 3.05) is 13.7 Å². The van der Waals surface area contributed by atoms with E-state index in [1.807, 2.05) is 13.8 Å². The highest BCUT2D eigenvalue weighted by molar-refractivity contribution is 5.89. The molecule has 0 fully saturated rings. The molecule has 2 aromatic carbocycles. The summed E-state index contributed by atoms with van der Waals surface area (Å²) in [5, 5.41) is 0. The van der Waals surface area contributed by atoms with Crippen molar-refractivity contribution in [3.63, 3.8) is 0 Å². The molecule has 0 spiro atoms. The van der Waals surface area contributed by atoms with Crippen molar-refractivity contribution in [2.24, 2.45) is 5.73 Å². The molecule has 40 heavy (non-hydrogen) atoms. The first-order valence-corrected chi connectivity index (χ1v) is 13.0. The predicted octanol–water partition coefficient (Wildman–Crippen LogP) is 4.97. The number of benzene rings is 2. The van der Waals surface area contributed by atoms with Crippen LogP contribution in [0.4, 0.5) is 9.59 Å². The van der Waals surface area contributed by atoms with E-state index in [9.17, 15) is 19.2 Å². The minimum atomic E-state index is -1.60. The van der Waals surface area contributed by atoms with E-state index in [1.54, 1.807) is 50.2 Å². The van der Waals surface area contributed by atoms with Crippen LogP contribution in [-0.4, -0.2) is 55.7 Å². The van der Waals surface area contributed by atoms with Crippen LogP contribution < -0.4 is 15.2 Å². The van der Waals surface area contributed by atoms with Crippen molar-refractivity contribution >= 4 is 24.2 Å². The van der Waals surface area contributed by atoms with Crippen LogP contribution in [0, 0.1) is 0 Å². The van der Waals surface area contributed by atoms with Crippen molar-refractivity contribution < 1.29 is 47.6 Å². The highest BCUT2D eigenvalue weighted by Gasteiger charge is 2.36. The third-order valence-corrected chi connectivity index (χ3v) is 6.04. The topological polar surface area (TPSA) is 150 Å². The number of rotatable bonds is 13. The first-order valence-electron chi connectivity index (χ1n) is 13.0. The Kier molecular flexibility index (Phi) is 12.4. The second kappa shape index (κ2) is 15.5. The van der Waals surface area contributed by atoms with E-state index in [4.69, 9.17) is 34.2 Å². The maximum Gasteiger partial charge on any atom is 0.514 e. The lowest BCUT2D eigenvalue weighted by molar-refractivity contribution is -0.147. The molecule has 218 valence electrons. The fourth-order valence-corrected chi connectivity index (χ4v) is 3.36. The molecule has 11 nitrogen and oxygen atoms in total. The lowest BCUT2D eigenvalue weighted by atomic mass is 9.88. The zero-order valence-corrected chi connectivity index (χ0v) is 23.5. The molecule has 11 heteroatoms. The average molecular weight is 560 g/mol. The van der Waals surface area contributed by atoms with Crippen LogP contribution in [0.15, 0.2) is 48.5 Å². The standard InChI is InChI=1S/C29H37NO10/c1-6-19(3)37-27(33)39-23-14-13-21(17-24(23)40-28(34)38-20(4)7-2)18-29(30,26(32)35-5)15-16-36-25(31)22-11-9-8-10-12-22/h8-14,17,19-20H,6-7,15-16,18,30H2,1-5H3/t19-,20?,29+/m0/s1. The molecular weight excluding hydrogens is 522 g/mol. The summed E-state index contributed by atoms with van der Waals surface area (Å²) < 4.78 is 31.1. The summed E-state index contributed by atoms with van der Waals surface area (Å²) in [7, 11) is 1.19. The van der Waals surface area contributed by atoms with Crippen LogP contribution in [0.3, 0.4) is 0 Å². The van der Waals surface area contributed by atoms with Crippen molar-refractivity contribution in [3.05, 3.63) is 59.7 Å². The monoisotopic (exact) mass is 559 g/mol. The largest absolute Gasteiger partial charge is 0.514 e. The lowest BCUT2D eigenvalue weighted by Crippen LogP contribution is -2.51. The molecule has 2 aromatic rings. The van der Waals surface area contributed by atoms with Gasteiger partial charge in [0.25, 0.3) is 0 Å². The van der Waals surface area contributed by atoms with Crippen LogP contribution in [0.1, 0.15) is 62.9 Å². The number of esters is 2. The van der Waals surface area contributed by atoms with Gasteiger partial charge in [-0.15, -0.1) is 0 Å². The highest BCUT2D eigenvalue weighted by atomic mass is 16.7. The van der Waals surface area contributed by atoms with Crippen molar-refractivity contribution in [3.8, 4) is 11.5 Å². The minimum absolute atomic E-state index is 0.0655. The van der Waals surface area contributed by atoms with Crippen LogP contribution in [-0.2, 0) is 30.2 Å². The van der Waals surface area contributed by atoms with Gasteiger partial charge in [0.15, 0.2) is 11.5 Å². The Morgan fingerprint density at radius 3 is 1.98 bits per heavy atom. The molecule has 2 rings (SSSR count). The molecular formula is C29H37NO10. The third kappa shape index (κ3) is 9.88. The Bertz CT molecular complexity index is 1150. The van der Waals surface area contributed by atoms with Gasteiger partial charge in [0.2, 0.25) is 0 Å². The van der Waals surface area contributed by atoms with Gasteiger partial charge in [-0.05, 0) is 56.5 Å². The number of nitrogens with two attached hydrogens (primary N) is 1. The van der Waals surface area contributed by atoms with Crippen LogP contribution in [0.5, 0.6) is 11.5 Å². The van der Waals surface area contributed by atoms with Crippen molar-refractivity contribution in [1.82, 2.24) is 0 Å². The molecule has 1 unspecified atom stereocenters. The highest BCUT2D eigenvalue weighted by Crippen LogP contribution is 2.31. The summed E-state index contributed by atoms with van der Waals surface area (Å²) in [5.74, 6) is -1.54. The minimum Gasteiger partial charge on any atom is -0.468 e. The van der Waals surface area contributed by atoms with Gasteiger partial charge in [0.05, 0.1) is 19.3 Å². The fraction of sp³-hybridized carbons (Fsp3) is 0.448. The molecule has 0 radical (unpaired) electrons. The number of carbonyl (C=O) groups excluding carboxylic acids is 4. The Morgan fingerprint density at radius 2 is 1.43 bits per heavy atom. The third-order valence-electron chi connectivity index (χ3n) is 6.04. The van der Waals surface area contributed by atoms with Gasteiger partial charge in [-0.3, -0.25) is 4.79 Å². The zero-order chi connectivity index (χ0) is 29.7. The number of methoxy groups -OCH3 is 1. The fourth-order valence-electron chi connectivity index (χ4n) is 3.36. The Morgan fingerprint density at radius 1 is 0.850 bits per heavy atom. The van der Waals surface area contributed by atoms with Crippen molar-refractivity contribution in [1.29, 1.82) is 0 Å². The quantitative estimate of drug-likeness (QED) is 0.201. The van der Waals surface area contributed by atoms with E-state index in [2.05, 4.69) is 0 Å². The van der Waals surface area contributed by atoms with E-state index in [1.165, 1.54) is 19.2 Å². The Hall–Kier alpha value is -4.12. The Labute approximate surface area is 233 Å². The first-order chi connectivity index (χ1) is 19.0. The summed E-state index contributed by atoms with van der Waals surface area (Å²) in [6.45, 7) is 6.92. The average Bonchev–Trinajstić information content (AvgIpc) is 2.93. The number of carbonyl (C=O) groups is 4. The normalized spacial score (nSPS) is 13.7. The maximum atomic E-state index is 12.7. The summed E-state index contributed by atoms with van der Waals surface area (Å²) in [6, 6.07) is 12.7. The zero-order valence-electron chi connectivity index (χ0n) is 23.5. The second-order valence-corrected chi connectivity index (χ2v) is 9.24. The molecule has 2 N–H and O–H groups in total. The van der Waals surface area contributed by atoms with Gasteiger partial charge in [-0.1, -0.05) is 38.1 Å². The van der Waals surface area contributed by atoms with E-state index in [0.717, 1.165) is 0 Å². The first kappa shape index (κ1) is 32.1. The molecule has 0 aliphatic rings. The molecule has 0 saturated carbocycles. The second-order valence-electron chi connectivity index (χ2n) is 9.24. The number of hydrogen-bond donors (Lipinski definition) is 1. The van der Waals surface area contributed by atoms with Gasteiger partial charge < -0.3 is 34.2 Å². The van der Waals surface area contributed by atoms with Crippen LogP contribution >= 0.6 is 0 Å². The molecule has 0 aliphatic heterocycles. The molecule has 3 atom stereocenters. The summed E-state index contributed by atoms with van der Waals surface area (Å²) in [4.78, 5) is 49.5. The maximum absolute atomic E-state index is 12.7. The van der Waals surface area contributed by atoms with Crippen LogP contribution in [0.2, 0.25) is 0 Å². The van der Waals surface area contributed by atoms with Gasteiger partial charge in [0, 0.05) is 12.8 Å². The smallest absolute Gasteiger partial charge is 0.468 e. The molecule has 0 amide bonds. The SMILES string of the molecule is CCC(C)OC(=O)Oc1cc(C[C@](N)(CCOC(=O)c2ccccc2)C(=O)OC)ccc1OC(=O)O[C@@H](C)CC. The van der Waals surface area contributed by atoms with E-state index >= 15 is 0 Å². The molecule has 0 aliphatic carbocycles. The van der Waals surface area contributed by atoms with Crippen molar-refractivity contribution in [2.45, 2.75) is 71.1 Å². The molecule has 0 aromatic heterocycles. The predicted molar refractivity (Wildman–Crippen MR) is 144 cm³/mol. The van der Waals surface area contributed by atoms with E-state index in [0.29, 0.717) is 24.0 Å². The van der Waals surface area contributed by atoms with Gasteiger partial charge in [0.1, 0.15) is 17.7 Å². The number of ether oxygens (including phenoxy) is 6. The lowest BCUT2D eigenvalue weighted by Gasteiger charge is -2.26. The van der Waals surface area contributed by atoms with Crippen LogP contribution in [0.25, 0.3) is 0 Å².